The zero-order valence-electron chi connectivity index (χ0n) is 23.4. The van der Waals surface area contributed by atoms with Crippen molar-refractivity contribution in [2.75, 3.05) is 19.8 Å². The van der Waals surface area contributed by atoms with Crippen LogP contribution in [0.1, 0.15) is 46.7 Å². The molecular formula is C26H27N3O5. The summed E-state index contributed by atoms with van der Waals surface area (Å²) in [6.07, 6.45) is 0.967. The van der Waals surface area contributed by atoms with Crippen LogP contribution in [0.4, 0.5) is 0 Å². The predicted molar refractivity (Wildman–Crippen MR) is 124 cm³/mol. The summed E-state index contributed by atoms with van der Waals surface area (Å²) >= 11 is 0. The molecule has 3 aliphatic heterocycles. The molecule has 1 N–H and O–H groups in total. The van der Waals surface area contributed by atoms with Crippen molar-refractivity contribution in [3.63, 3.8) is 0 Å². The van der Waals surface area contributed by atoms with Crippen LogP contribution in [0.3, 0.4) is 0 Å². The number of rotatable bonds is 6. The number of hydrogen-bond donors (Lipinski definition) is 1. The van der Waals surface area contributed by atoms with Gasteiger partial charge in [-0.05, 0) is 36.1 Å². The fourth-order valence-electron chi connectivity index (χ4n) is 4.21. The van der Waals surface area contributed by atoms with Crippen LogP contribution >= 0.6 is 0 Å². The number of hydrogen-bond acceptors (Lipinski definition) is 5. The first-order valence-corrected chi connectivity index (χ1v) is 11.0. The molecule has 8 nitrogen and oxygen atoms in total. The van der Waals surface area contributed by atoms with Crippen molar-refractivity contribution >= 4 is 17.7 Å². The number of benzene rings is 2. The number of ether oxygens (including phenoxy) is 2. The second-order valence-electron chi connectivity index (χ2n) is 8.29. The van der Waals surface area contributed by atoms with Crippen LogP contribution in [-0.2, 0) is 34.0 Å². The van der Waals surface area contributed by atoms with Crippen molar-refractivity contribution in [2.45, 2.75) is 38.5 Å². The van der Waals surface area contributed by atoms with E-state index in [4.69, 9.17) is 16.3 Å². The van der Waals surface area contributed by atoms with Crippen LogP contribution in [0, 0.1) is 0 Å². The van der Waals surface area contributed by atoms with E-state index in [1.165, 1.54) is 28.0 Å². The molecule has 2 aromatic carbocycles. The number of morpholine rings is 1. The van der Waals surface area contributed by atoms with Gasteiger partial charge in [0.25, 0.3) is 5.91 Å². The Bertz CT molecular complexity index is 1380. The van der Waals surface area contributed by atoms with Gasteiger partial charge in [-0.15, -0.1) is 0 Å². The van der Waals surface area contributed by atoms with E-state index >= 15 is 0 Å². The molecule has 2 atom stereocenters. The first-order chi connectivity index (χ1) is 18.5. The molecule has 2 saturated heterocycles. The van der Waals surface area contributed by atoms with Crippen molar-refractivity contribution in [3.8, 4) is 5.75 Å². The second kappa shape index (κ2) is 9.30. The third kappa shape index (κ3) is 4.41. The number of allylic oxidation sites excluding steroid dienone is 1. The minimum Gasteiger partial charge on any atom is -0.489 e. The highest BCUT2D eigenvalue weighted by Crippen LogP contribution is 2.34. The summed E-state index contributed by atoms with van der Waals surface area (Å²) in [5.41, 5.74) is 1.17. The maximum atomic E-state index is 13.1. The van der Waals surface area contributed by atoms with Crippen molar-refractivity contribution in [2.24, 2.45) is 0 Å². The van der Waals surface area contributed by atoms with E-state index in [2.05, 4.69) is 11.9 Å². The Balaban J connectivity index is 1.40. The third-order valence-electron chi connectivity index (χ3n) is 6.01. The molecule has 3 heterocycles. The van der Waals surface area contributed by atoms with E-state index in [1.54, 1.807) is 12.1 Å². The van der Waals surface area contributed by atoms with Crippen molar-refractivity contribution < 1.29 is 30.7 Å². The summed E-state index contributed by atoms with van der Waals surface area (Å²) in [4.78, 5) is 40.5. The molecule has 2 fully saturated rings. The summed E-state index contributed by atoms with van der Waals surface area (Å²) in [7, 11) is 0. The van der Waals surface area contributed by atoms with E-state index in [1.807, 2.05) is 0 Å². The van der Waals surface area contributed by atoms with Gasteiger partial charge in [-0.3, -0.25) is 14.4 Å². The number of nitrogens with one attached hydrogen (secondary N) is 1. The predicted octanol–water partition coefficient (Wildman–Crippen LogP) is 2.37. The van der Waals surface area contributed by atoms with Crippen LogP contribution in [0.2, 0.25) is 0 Å². The number of carbonyl (C=O) groups is 3. The quantitative estimate of drug-likeness (QED) is 0.706. The Kier molecular flexibility index (Phi) is 4.62. The zero-order chi connectivity index (χ0) is 28.1. The third-order valence-corrected chi connectivity index (χ3v) is 6.01. The van der Waals surface area contributed by atoms with E-state index in [-0.39, 0.29) is 61.0 Å². The summed E-state index contributed by atoms with van der Waals surface area (Å²) < 4.78 is 53.4. The van der Waals surface area contributed by atoms with Crippen LogP contribution in [0.15, 0.2) is 54.7 Å². The average molecular weight is 467 g/mol. The van der Waals surface area contributed by atoms with Crippen molar-refractivity contribution in [3.05, 3.63) is 76.9 Å². The van der Waals surface area contributed by atoms with Gasteiger partial charge in [0.2, 0.25) is 11.8 Å². The summed E-state index contributed by atoms with van der Waals surface area (Å²) in [6.45, 7) is 0.296. The molecule has 3 amide bonds. The lowest BCUT2D eigenvalue weighted by Crippen LogP contribution is -2.49. The van der Waals surface area contributed by atoms with Gasteiger partial charge in [0.1, 0.15) is 25.0 Å². The molecule has 0 radical (unpaired) electrons. The molecule has 0 aromatic heterocycles. The Morgan fingerprint density at radius 2 is 2.03 bits per heavy atom. The van der Waals surface area contributed by atoms with E-state index in [9.17, 15) is 14.4 Å². The Hall–Kier alpha value is -3.65. The standard InChI is InChI=1S/C26H27N3O5/c1-17-5-10-22(25(31)27-17)29-14-21-20(26(29)32)3-2-4-23(21)34-15-19-8-6-18(7-9-19)13-28-11-12-33-16-24(28)30/h2-4,6-9,22H,1,5,10-16H2,(H,27,31)/i6D,8D,13D,15D2. The van der Waals surface area contributed by atoms with Gasteiger partial charge in [-0.2, -0.15) is 0 Å². The first kappa shape index (κ1) is 16.9. The van der Waals surface area contributed by atoms with Gasteiger partial charge in [-0.1, -0.05) is 36.9 Å². The fraction of sp³-hybridized carbons (Fsp3) is 0.346. The number of piperidine rings is 1. The molecule has 176 valence electrons. The number of nitrogens with zero attached hydrogens (tertiary/aromatic N) is 2. The SMILES string of the molecule is [2H]c1c(C([2H])N2CCOCC2=O)ccc(C([2H])([2H])Oc2cccc3c2CN(C2CCC(=C)NC2=O)C3=O)c1[2H]. The number of fused-ring (bicyclic) bond motifs is 1. The highest BCUT2D eigenvalue weighted by atomic mass is 16.5. The van der Waals surface area contributed by atoms with E-state index in [0.29, 0.717) is 29.7 Å². The molecule has 34 heavy (non-hydrogen) atoms. The van der Waals surface area contributed by atoms with Gasteiger partial charge in [0.05, 0.1) is 20.0 Å². The lowest BCUT2D eigenvalue weighted by atomic mass is 10.0. The van der Waals surface area contributed by atoms with Gasteiger partial charge < -0.3 is 24.6 Å². The number of carbonyl (C=O) groups excluding carboxylic acids is 3. The summed E-state index contributed by atoms with van der Waals surface area (Å²) in [6, 6.07) is 5.75. The van der Waals surface area contributed by atoms with Gasteiger partial charge in [0, 0.05) is 29.9 Å². The monoisotopic (exact) mass is 466 g/mol. The summed E-state index contributed by atoms with van der Waals surface area (Å²) in [5, 5.41) is 2.68. The van der Waals surface area contributed by atoms with Crippen molar-refractivity contribution in [1.29, 1.82) is 0 Å². The largest absolute Gasteiger partial charge is 0.489 e. The normalized spacial score (nSPS) is 23.9. The molecule has 0 aliphatic carbocycles. The molecule has 8 heteroatoms. The van der Waals surface area contributed by atoms with Gasteiger partial charge >= 0.3 is 0 Å². The van der Waals surface area contributed by atoms with Crippen LogP contribution in [0.5, 0.6) is 5.75 Å². The molecule has 2 unspecified atom stereocenters. The maximum Gasteiger partial charge on any atom is 0.255 e. The van der Waals surface area contributed by atoms with Crippen LogP contribution < -0.4 is 10.1 Å². The maximum absolute atomic E-state index is 13.1. The lowest BCUT2D eigenvalue weighted by Gasteiger charge is -2.31. The Morgan fingerprint density at radius 3 is 2.85 bits per heavy atom. The smallest absolute Gasteiger partial charge is 0.255 e. The Morgan fingerprint density at radius 1 is 1.21 bits per heavy atom. The second-order valence-corrected chi connectivity index (χ2v) is 8.29. The van der Waals surface area contributed by atoms with Crippen LogP contribution in [-0.4, -0.2) is 53.3 Å². The molecule has 2 aromatic rings. The first-order valence-electron chi connectivity index (χ1n) is 13.6. The van der Waals surface area contributed by atoms with Gasteiger partial charge in [0.15, 0.2) is 0 Å². The molecule has 0 bridgehead atoms. The molecule has 0 spiro atoms. The molecule has 3 aliphatic rings. The van der Waals surface area contributed by atoms with E-state index in [0.717, 1.165) is 0 Å². The number of amides is 3. The lowest BCUT2D eigenvalue weighted by molar-refractivity contribution is -0.143. The minimum atomic E-state index is -2.57. The Labute approximate surface area is 205 Å². The molecule has 5 rings (SSSR count). The molecule has 0 saturated carbocycles. The average Bonchev–Trinajstić information content (AvgIpc) is 3.22. The van der Waals surface area contributed by atoms with Crippen LogP contribution in [0.25, 0.3) is 0 Å². The zero-order valence-corrected chi connectivity index (χ0v) is 18.4. The fourth-order valence-corrected chi connectivity index (χ4v) is 4.21. The highest BCUT2D eigenvalue weighted by Gasteiger charge is 2.39. The molecular weight excluding hydrogens is 434 g/mol. The van der Waals surface area contributed by atoms with Gasteiger partial charge in [-0.25, -0.2) is 0 Å². The van der Waals surface area contributed by atoms with Crippen molar-refractivity contribution in [1.82, 2.24) is 15.1 Å². The topological polar surface area (TPSA) is 88.2 Å². The summed E-state index contributed by atoms with van der Waals surface area (Å²) in [5.74, 6) is -0.992. The van der Waals surface area contributed by atoms with E-state index < -0.39 is 31.1 Å². The highest BCUT2D eigenvalue weighted by molar-refractivity contribution is 6.02. The minimum absolute atomic E-state index is 0.0510.